The van der Waals surface area contributed by atoms with Gasteiger partial charge < -0.3 is 5.32 Å². The maximum absolute atomic E-state index is 12.3. The molecule has 2 aromatic rings. The fourth-order valence-corrected chi connectivity index (χ4v) is 2.13. The van der Waals surface area contributed by atoms with Gasteiger partial charge >= 0.3 is 0 Å². The molecule has 3 nitrogen and oxygen atoms in total. The summed E-state index contributed by atoms with van der Waals surface area (Å²) in [5.41, 5.74) is 4.36. The molecule has 0 aliphatic rings. The summed E-state index contributed by atoms with van der Waals surface area (Å²) in [7, 11) is 0. The molecule has 0 aliphatic carbocycles. The van der Waals surface area contributed by atoms with Crippen LogP contribution in [-0.2, 0) is 4.79 Å². The number of benzene rings is 2. The predicted octanol–water partition coefficient (Wildman–Crippen LogP) is 4.42. The highest BCUT2D eigenvalue weighted by Crippen LogP contribution is 2.23. The van der Waals surface area contributed by atoms with Crippen molar-refractivity contribution in [3.05, 3.63) is 59.7 Å². The van der Waals surface area contributed by atoms with Crippen molar-refractivity contribution in [3.63, 3.8) is 0 Å². The first-order chi connectivity index (χ1) is 10.1. The highest BCUT2D eigenvalue weighted by molar-refractivity contribution is 6.43. The minimum absolute atomic E-state index is 0.147. The summed E-state index contributed by atoms with van der Waals surface area (Å²) in [4.78, 5) is 16.9. The van der Waals surface area contributed by atoms with E-state index in [0.717, 1.165) is 22.5 Å². The standard InChI is InChI=1S/C18H20N2O/c1-4-16(18(21)19-15-11-6-5-7-12-15)20-17-13(2)9-8-10-14(17)3/h5-12H,4H2,1-3H3,(H,19,21). The molecule has 0 aromatic heterocycles. The Bertz CT molecular complexity index is 640. The number of rotatable bonds is 4. The number of hydrogen-bond acceptors (Lipinski definition) is 2. The number of para-hydroxylation sites is 2. The molecular weight excluding hydrogens is 260 g/mol. The van der Waals surface area contributed by atoms with Crippen molar-refractivity contribution >= 4 is 23.0 Å². The van der Waals surface area contributed by atoms with Gasteiger partial charge in [0.25, 0.3) is 5.91 Å². The predicted molar refractivity (Wildman–Crippen MR) is 88.4 cm³/mol. The van der Waals surface area contributed by atoms with E-state index in [1.165, 1.54) is 0 Å². The fraction of sp³-hybridized carbons (Fsp3) is 0.222. The van der Waals surface area contributed by atoms with Crippen molar-refractivity contribution < 1.29 is 4.79 Å². The summed E-state index contributed by atoms with van der Waals surface area (Å²) in [6.07, 6.45) is 0.590. The SMILES string of the molecule is CCC(=Nc1c(C)cccc1C)C(=O)Nc1ccccc1. The zero-order valence-electron chi connectivity index (χ0n) is 12.7. The normalized spacial score (nSPS) is 11.3. The van der Waals surface area contributed by atoms with Crippen LogP contribution in [0, 0.1) is 13.8 Å². The van der Waals surface area contributed by atoms with Crippen LogP contribution in [0.5, 0.6) is 0 Å². The third kappa shape index (κ3) is 3.78. The number of anilines is 1. The number of hydrogen-bond donors (Lipinski definition) is 1. The third-order valence-electron chi connectivity index (χ3n) is 3.31. The average molecular weight is 280 g/mol. The van der Waals surface area contributed by atoms with E-state index in [-0.39, 0.29) is 5.91 Å². The molecule has 0 unspecified atom stereocenters. The lowest BCUT2D eigenvalue weighted by Crippen LogP contribution is -2.22. The molecular formula is C18H20N2O. The lowest BCUT2D eigenvalue weighted by molar-refractivity contribution is -0.110. The fourth-order valence-electron chi connectivity index (χ4n) is 2.13. The average Bonchev–Trinajstić information content (AvgIpc) is 2.48. The van der Waals surface area contributed by atoms with Gasteiger partial charge in [-0.25, -0.2) is 4.99 Å². The Morgan fingerprint density at radius 1 is 1.00 bits per heavy atom. The van der Waals surface area contributed by atoms with Gasteiger partial charge in [-0.2, -0.15) is 0 Å². The summed E-state index contributed by atoms with van der Waals surface area (Å²) < 4.78 is 0. The minimum Gasteiger partial charge on any atom is -0.321 e. The molecule has 0 aliphatic heterocycles. The molecule has 1 N–H and O–H groups in total. The van der Waals surface area contributed by atoms with E-state index in [9.17, 15) is 4.79 Å². The van der Waals surface area contributed by atoms with Gasteiger partial charge in [0, 0.05) is 5.69 Å². The van der Waals surface area contributed by atoms with Crippen molar-refractivity contribution in [1.29, 1.82) is 0 Å². The lowest BCUT2D eigenvalue weighted by Gasteiger charge is -2.09. The van der Waals surface area contributed by atoms with Crippen molar-refractivity contribution in [1.82, 2.24) is 0 Å². The second-order valence-electron chi connectivity index (χ2n) is 4.97. The van der Waals surface area contributed by atoms with E-state index in [4.69, 9.17) is 0 Å². The van der Waals surface area contributed by atoms with Crippen LogP contribution in [0.3, 0.4) is 0 Å². The van der Waals surface area contributed by atoms with E-state index >= 15 is 0 Å². The van der Waals surface area contributed by atoms with Gasteiger partial charge in [0.15, 0.2) is 0 Å². The molecule has 0 saturated carbocycles. The van der Waals surface area contributed by atoms with E-state index < -0.39 is 0 Å². The summed E-state index contributed by atoms with van der Waals surface area (Å²) in [5.74, 6) is -0.147. The zero-order chi connectivity index (χ0) is 15.2. The van der Waals surface area contributed by atoms with Crippen LogP contribution in [0.1, 0.15) is 24.5 Å². The summed E-state index contributed by atoms with van der Waals surface area (Å²) >= 11 is 0. The van der Waals surface area contributed by atoms with Gasteiger partial charge in [0.2, 0.25) is 0 Å². The summed E-state index contributed by atoms with van der Waals surface area (Å²) in [6, 6.07) is 15.4. The Morgan fingerprint density at radius 2 is 1.62 bits per heavy atom. The van der Waals surface area contributed by atoms with Gasteiger partial charge in [-0.15, -0.1) is 0 Å². The molecule has 2 aromatic carbocycles. The molecule has 21 heavy (non-hydrogen) atoms. The van der Waals surface area contributed by atoms with Gasteiger partial charge in [-0.05, 0) is 43.5 Å². The molecule has 0 spiro atoms. The van der Waals surface area contributed by atoms with Crippen LogP contribution in [0.15, 0.2) is 53.5 Å². The third-order valence-corrected chi connectivity index (χ3v) is 3.31. The van der Waals surface area contributed by atoms with Gasteiger partial charge in [0.05, 0.1) is 5.69 Å². The number of aliphatic imine (C=N–C) groups is 1. The molecule has 108 valence electrons. The molecule has 2 rings (SSSR count). The number of nitrogens with one attached hydrogen (secondary N) is 1. The van der Waals surface area contributed by atoms with E-state index in [0.29, 0.717) is 12.1 Å². The first kappa shape index (κ1) is 15.0. The number of aryl methyl sites for hydroxylation is 2. The Hall–Kier alpha value is -2.42. The topological polar surface area (TPSA) is 41.5 Å². The molecule has 0 radical (unpaired) electrons. The van der Waals surface area contributed by atoms with Crippen LogP contribution in [0.25, 0.3) is 0 Å². The van der Waals surface area contributed by atoms with Crippen molar-refractivity contribution in [3.8, 4) is 0 Å². The van der Waals surface area contributed by atoms with Crippen LogP contribution < -0.4 is 5.32 Å². The number of amides is 1. The maximum Gasteiger partial charge on any atom is 0.270 e. The van der Waals surface area contributed by atoms with Crippen LogP contribution >= 0.6 is 0 Å². The van der Waals surface area contributed by atoms with Crippen molar-refractivity contribution in [2.24, 2.45) is 4.99 Å². The van der Waals surface area contributed by atoms with Gasteiger partial charge in [0.1, 0.15) is 5.71 Å². The zero-order valence-corrected chi connectivity index (χ0v) is 12.7. The quantitative estimate of drug-likeness (QED) is 0.827. The number of carbonyl (C=O) groups excluding carboxylic acids is 1. The second kappa shape index (κ2) is 6.84. The van der Waals surface area contributed by atoms with E-state index in [2.05, 4.69) is 10.3 Å². The molecule has 0 saturated heterocycles. The largest absolute Gasteiger partial charge is 0.321 e. The Morgan fingerprint density at radius 3 is 2.19 bits per heavy atom. The van der Waals surface area contributed by atoms with Gasteiger partial charge in [-0.1, -0.05) is 43.3 Å². The minimum atomic E-state index is -0.147. The number of carbonyl (C=O) groups is 1. The van der Waals surface area contributed by atoms with Crippen LogP contribution in [0.4, 0.5) is 11.4 Å². The highest BCUT2D eigenvalue weighted by atomic mass is 16.1. The van der Waals surface area contributed by atoms with E-state index in [1.54, 1.807) is 0 Å². The maximum atomic E-state index is 12.3. The molecule has 0 heterocycles. The van der Waals surface area contributed by atoms with Gasteiger partial charge in [-0.3, -0.25) is 4.79 Å². The highest BCUT2D eigenvalue weighted by Gasteiger charge is 2.11. The first-order valence-electron chi connectivity index (χ1n) is 7.12. The first-order valence-corrected chi connectivity index (χ1v) is 7.12. The molecule has 1 amide bonds. The molecule has 0 fully saturated rings. The van der Waals surface area contributed by atoms with E-state index in [1.807, 2.05) is 69.3 Å². The van der Waals surface area contributed by atoms with Crippen molar-refractivity contribution in [2.75, 3.05) is 5.32 Å². The smallest absolute Gasteiger partial charge is 0.270 e. The van der Waals surface area contributed by atoms with Crippen molar-refractivity contribution in [2.45, 2.75) is 27.2 Å². The molecule has 3 heteroatoms. The van der Waals surface area contributed by atoms with Crippen LogP contribution in [0.2, 0.25) is 0 Å². The Labute approximate surface area is 125 Å². The Balaban J connectivity index is 2.27. The summed E-state index contributed by atoms with van der Waals surface area (Å²) in [5, 5.41) is 2.88. The van der Waals surface area contributed by atoms with Crippen LogP contribution in [-0.4, -0.2) is 11.6 Å². The molecule has 0 bridgehead atoms. The monoisotopic (exact) mass is 280 g/mol. The second-order valence-corrected chi connectivity index (χ2v) is 4.97. The molecule has 0 atom stereocenters. The number of nitrogens with zero attached hydrogens (tertiary/aromatic N) is 1. The Kier molecular flexibility index (Phi) is 4.88. The summed E-state index contributed by atoms with van der Waals surface area (Å²) in [6.45, 7) is 5.96. The lowest BCUT2D eigenvalue weighted by atomic mass is 10.1.